The maximum Gasteiger partial charge on any atom is 0.163 e. The predicted molar refractivity (Wildman–Crippen MR) is 74.8 cm³/mol. The van der Waals surface area contributed by atoms with Gasteiger partial charge in [-0.05, 0) is 39.2 Å². The Hall–Kier alpha value is -1.15. The largest absolute Gasteiger partial charge is 0.301 e. The molecule has 0 bridgehead atoms. The quantitative estimate of drug-likeness (QED) is 0.758. The molecule has 0 aromatic heterocycles. The monoisotopic (exact) mass is 245 g/mol. The van der Waals surface area contributed by atoms with Gasteiger partial charge in [-0.3, -0.25) is 4.79 Å². The van der Waals surface area contributed by atoms with Gasteiger partial charge in [-0.1, -0.05) is 30.3 Å². The van der Waals surface area contributed by atoms with Crippen LogP contribution in [0.25, 0.3) is 0 Å². The third-order valence-corrected chi connectivity index (χ3v) is 3.85. The molecule has 0 unspecified atom stereocenters. The zero-order valence-electron chi connectivity index (χ0n) is 11.4. The molecule has 1 atom stereocenters. The Bertz CT molecular complexity index is 385. The van der Waals surface area contributed by atoms with Crippen molar-refractivity contribution in [1.29, 1.82) is 0 Å². The number of benzene rings is 1. The van der Waals surface area contributed by atoms with E-state index in [0.29, 0.717) is 24.2 Å². The fourth-order valence-electron chi connectivity index (χ4n) is 2.74. The average Bonchev–Trinajstić information content (AvgIpc) is 2.40. The van der Waals surface area contributed by atoms with Crippen LogP contribution in [0.1, 0.15) is 43.5 Å². The Labute approximate surface area is 110 Å². The lowest BCUT2D eigenvalue weighted by Crippen LogP contribution is -2.40. The van der Waals surface area contributed by atoms with E-state index < -0.39 is 0 Å². The molecule has 1 fully saturated rings. The molecule has 0 radical (unpaired) electrons. The number of likely N-dealkylation sites (tertiary alicyclic amines) is 1. The van der Waals surface area contributed by atoms with Crippen LogP contribution in [-0.4, -0.2) is 29.8 Å². The Kier molecular flexibility index (Phi) is 4.54. The fourth-order valence-corrected chi connectivity index (χ4v) is 2.74. The molecular formula is C16H23NO. The Balaban J connectivity index is 1.91. The van der Waals surface area contributed by atoms with E-state index in [1.165, 1.54) is 19.4 Å². The summed E-state index contributed by atoms with van der Waals surface area (Å²) in [4.78, 5) is 14.7. The van der Waals surface area contributed by atoms with Gasteiger partial charge in [-0.2, -0.15) is 0 Å². The molecule has 1 heterocycles. The van der Waals surface area contributed by atoms with Crippen LogP contribution in [0.4, 0.5) is 0 Å². The third kappa shape index (κ3) is 3.42. The van der Waals surface area contributed by atoms with Crippen molar-refractivity contribution in [2.75, 3.05) is 13.1 Å². The Morgan fingerprint density at radius 3 is 2.72 bits per heavy atom. The van der Waals surface area contributed by atoms with Crippen molar-refractivity contribution in [3.05, 3.63) is 35.9 Å². The van der Waals surface area contributed by atoms with Gasteiger partial charge in [0.25, 0.3) is 0 Å². The summed E-state index contributed by atoms with van der Waals surface area (Å²) in [5, 5.41) is 0. The van der Waals surface area contributed by atoms with Crippen LogP contribution in [0, 0.1) is 5.92 Å². The molecule has 1 aliphatic heterocycles. The first kappa shape index (κ1) is 13.3. The van der Waals surface area contributed by atoms with Crippen LogP contribution in [0.2, 0.25) is 0 Å². The lowest BCUT2D eigenvalue weighted by atomic mass is 9.90. The van der Waals surface area contributed by atoms with Gasteiger partial charge in [0, 0.05) is 24.6 Å². The first-order valence-electron chi connectivity index (χ1n) is 6.99. The number of hydrogen-bond acceptors (Lipinski definition) is 2. The SMILES string of the molecule is CC(C)N1CCC[C@@H](CC(=O)c2ccccc2)C1. The Morgan fingerprint density at radius 2 is 2.06 bits per heavy atom. The standard InChI is InChI=1S/C16H23NO/c1-13(2)17-10-6-7-14(12-17)11-16(18)15-8-4-3-5-9-15/h3-5,8-9,13-14H,6-7,10-12H2,1-2H3/t14-/m0/s1. The molecule has 0 amide bonds. The summed E-state index contributed by atoms with van der Waals surface area (Å²) >= 11 is 0. The molecule has 0 saturated carbocycles. The van der Waals surface area contributed by atoms with Crippen LogP contribution in [0.3, 0.4) is 0 Å². The van der Waals surface area contributed by atoms with Gasteiger partial charge < -0.3 is 4.90 Å². The van der Waals surface area contributed by atoms with Gasteiger partial charge in [0.15, 0.2) is 5.78 Å². The average molecular weight is 245 g/mol. The summed E-state index contributed by atoms with van der Waals surface area (Å²) in [6.45, 7) is 6.74. The topological polar surface area (TPSA) is 20.3 Å². The van der Waals surface area contributed by atoms with Crippen molar-refractivity contribution in [2.45, 2.75) is 39.2 Å². The molecule has 0 aliphatic carbocycles. The third-order valence-electron chi connectivity index (χ3n) is 3.85. The fraction of sp³-hybridized carbons (Fsp3) is 0.562. The number of carbonyl (C=O) groups excluding carboxylic acids is 1. The molecule has 0 spiro atoms. The van der Waals surface area contributed by atoms with Crippen LogP contribution >= 0.6 is 0 Å². The maximum atomic E-state index is 12.2. The molecule has 0 N–H and O–H groups in total. The van der Waals surface area contributed by atoms with E-state index >= 15 is 0 Å². The van der Waals surface area contributed by atoms with Crippen molar-refractivity contribution in [3.8, 4) is 0 Å². The van der Waals surface area contributed by atoms with Gasteiger partial charge in [0.1, 0.15) is 0 Å². The molecule has 1 aromatic rings. The molecule has 18 heavy (non-hydrogen) atoms. The highest BCUT2D eigenvalue weighted by Crippen LogP contribution is 2.22. The van der Waals surface area contributed by atoms with Gasteiger partial charge in [-0.25, -0.2) is 0 Å². The van der Waals surface area contributed by atoms with E-state index in [4.69, 9.17) is 0 Å². The second-order valence-electron chi connectivity index (χ2n) is 5.59. The summed E-state index contributed by atoms with van der Waals surface area (Å²) in [6.07, 6.45) is 3.12. The number of Topliss-reactive ketones (excluding diaryl/α,β-unsaturated/α-hetero) is 1. The van der Waals surface area contributed by atoms with Crippen molar-refractivity contribution in [1.82, 2.24) is 4.90 Å². The summed E-state index contributed by atoms with van der Waals surface area (Å²) in [5.41, 5.74) is 0.860. The summed E-state index contributed by atoms with van der Waals surface area (Å²) in [6, 6.07) is 10.3. The second-order valence-corrected chi connectivity index (χ2v) is 5.59. The number of nitrogens with zero attached hydrogens (tertiary/aromatic N) is 1. The number of hydrogen-bond donors (Lipinski definition) is 0. The minimum Gasteiger partial charge on any atom is -0.301 e. The molecule has 98 valence electrons. The lowest BCUT2D eigenvalue weighted by molar-refractivity contribution is 0.0890. The zero-order chi connectivity index (χ0) is 13.0. The normalized spacial score (nSPS) is 21.2. The number of piperidine rings is 1. The number of rotatable bonds is 4. The number of ketones is 1. The van der Waals surface area contributed by atoms with E-state index in [9.17, 15) is 4.79 Å². The molecular weight excluding hydrogens is 222 g/mol. The van der Waals surface area contributed by atoms with Crippen molar-refractivity contribution in [3.63, 3.8) is 0 Å². The minimum absolute atomic E-state index is 0.297. The smallest absolute Gasteiger partial charge is 0.163 e. The highest BCUT2D eigenvalue weighted by Gasteiger charge is 2.23. The van der Waals surface area contributed by atoms with Gasteiger partial charge >= 0.3 is 0 Å². The minimum atomic E-state index is 0.297. The maximum absolute atomic E-state index is 12.2. The van der Waals surface area contributed by atoms with Crippen LogP contribution in [0.5, 0.6) is 0 Å². The van der Waals surface area contributed by atoms with Gasteiger partial charge in [0.2, 0.25) is 0 Å². The molecule has 2 heteroatoms. The molecule has 2 nitrogen and oxygen atoms in total. The van der Waals surface area contributed by atoms with E-state index in [-0.39, 0.29) is 0 Å². The first-order valence-corrected chi connectivity index (χ1v) is 6.99. The molecule has 1 aromatic carbocycles. The predicted octanol–water partition coefficient (Wildman–Crippen LogP) is 3.38. The van der Waals surface area contributed by atoms with E-state index in [1.807, 2.05) is 30.3 Å². The number of carbonyl (C=O) groups is 1. The van der Waals surface area contributed by atoms with Crippen molar-refractivity contribution < 1.29 is 4.79 Å². The molecule has 1 saturated heterocycles. The van der Waals surface area contributed by atoms with Crippen molar-refractivity contribution in [2.24, 2.45) is 5.92 Å². The summed E-state index contributed by atoms with van der Waals surface area (Å²) < 4.78 is 0. The highest BCUT2D eigenvalue weighted by molar-refractivity contribution is 5.96. The summed E-state index contributed by atoms with van der Waals surface area (Å²) in [5.74, 6) is 0.833. The second kappa shape index (κ2) is 6.14. The lowest BCUT2D eigenvalue weighted by Gasteiger charge is -2.35. The Morgan fingerprint density at radius 1 is 1.33 bits per heavy atom. The highest BCUT2D eigenvalue weighted by atomic mass is 16.1. The van der Waals surface area contributed by atoms with Crippen LogP contribution in [-0.2, 0) is 0 Å². The van der Waals surface area contributed by atoms with E-state index in [0.717, 1.165) is 12.1 Å². The summed E-state index contributed by atoms with van der Waals surface area (Å²) in [7, 11) is 0. The van der Waals surface area contributed by atoms with Gasteiger partial charge in [0.05, 0.1) is 0 Å². The van der Waals surface area contributed by atoms with Gasteiger partial charge in [-0.15, -0.1) is 0 Å². The van der Waals surface area contributed by atoms with E-state index in [2.05, 4.69) is 18.7 Å². The molecule has 1 aliphatic rings. The first-order chi connectivity index (χ1) is 8.66. The van der Waals surface area contributed by atoms with Crippen LogP contribution in [0.15, 0.2) is 30.3 Å². The van der Waals surface area contributed by atoms with Crippen molar-refractivity contribution >= 4 is 5.78 Å². The molecule has 2 rings (SSSR count). The zero-order valence-corrected chi connectivity index (χ0v) is 11.4. The van der Waals surface area contributed by atoms with E-state index in [1.54, 1.807) is 0 Å². The van der Waals surface area contributed by atoms with Crippen LogP contribution < -0.4 is 0 Å².